The van der Waals surface area contributed by atoms with Crippen molar-refractivity contribution in [2.24, 2.45) is 5.92 Å². The van der Waals surface area contributed by atoms with Gasteiger partial charge in [0.25, 0.3) is 0 Å². The van der Waals surface area contributed by atoms with Gasteiger partial charge in [0.2, 0.25) is 0 Å². The molecule has 0 aromatic carbocycles. The van der Waals surface area contributed by atoms with Gasteiger partial charge in [-0.05, 0) is 39.5 Å². The van der Waals surface area contributed by atoms with Crippen LogP contribution in [-0.2, 0) is 0 Å². The second-order valence-corrected chi connectivity index (χ2v) is 4.13. The Morgan fingerprint density at radius 2 is 2.08 bits per heavy atom. The van der Waals surface area contributed by atoms with Gasteiger partial charge in [0.1, 0.15) is 0 Å². The lowest BCUT2D eigenvalue weighted by Crippen LogP contribution is -2.48. The molecule has 0 atom stereocenters. The Morgan fingerprint density at radius 3 is 2.50 bits per heavy atom. The van der Waals surface area contributed by atoms with E-state index in [0.717, 1.165) is 12.5 Å². The average molecular weight is 165 g/mol. The largest absolute Gasteiger partial charge is 0.301 e. The molecule has 1 aliphatic carbocycles. The first-order valence-electron chi connectivity index (χ1n) is 4.81. The minimum absolute atomic E-state index is 0.294. The summed E-state index contributed by atoms with van der Waals surface area (Å²) in [4.78, 5) is 0. The van der Waals surface area contributed by atoms with E-state index in [4.69, 9.17) is 0 Å². The molecule has 0 aromatic rings. The van der Waals surface area contributed by atoms with Gasteiger partial charge in [-0.15, -0.1) is 5.92 Å². The summed E-state index contributed by atoms with van der Waals surface area (Å²) in [6, 6.07) is 0. The minimum Gasteiger partial charge on any atom is -0.301 e. The lowest BCUT2D eigenvalue weighted by atomic mass is 9.72. The highest BCUT2D eigenvalue weighted by Gasteiger charge is 2.32. The highest BCUT2D eigenvalue weighted by atomic mass is 15.0. The molecule has 1 N–H and O–H groups in total. The molecule has 0 aliphatic heterocycles. The number of hydrogen-bond donors (Lipinski definition) is 1. The van der Waals surface area contributed by atoms with Gasteiger partial charge in [0.15, 0.2) is 0 Å². The van der Waals surface area contributed by atoms with Crippen molar-refractivity contribution in [3.05, 3.63) is 0 Å². The second kappa shape index (κ2) is 3.96. The van der Waals surface area contributed by atoms with E-state index in [1.165, 1.54) is 19.3 Å². The van der Waals surface area contributed by atoms with E-state index in [-0.39, 0.29) is 0 Å². The van der Waals surface area contributed by atoms with Crippen LogP contribution < -0.4 is 5.32 Å². The van der Waals surface area contributed by atoms with Crippen LogP contribution in [0.15, 0.2) is 0 Å². The topological polar surface area (TPSA) is 12.0 Å². The second-order valence-electron chi connectivity index (χ2n) is 4.13. The van der Waals surface area contributed by atoms with Crippen molar-refractivity contribution in [1.82, 2.24) is 5.32 Å². The third-order valence-corrected chi connectivity index (χ3v) is 2.93. The Morgan fingerprint density at radius 1 is 1.42 bits per heavy atom. The average Bonchev–Trinajstić information content (AvgIpc) is 1.82. The van der Waals surface area contributed by atoms with Crippen molar-refractivity contribution in [3.63, 3.8) is 0 Å². The van der Waals surface area contributed by atoms with E-state index in [0.29, 0.717) is 5.54 Å². The van der Waals surface area contributed by atoms with Crippen molar-refractivity contribution in [2.45, 2.75) is 45.6 Å². The Labute approximate surface area is 75.9 Å². The fourth-order valence-corrected chi connectivity index (χ4v) is 1.63. The molecule has 0 heterocycles. The zero-order chi connectivity index (χ0) is 9.03. The van der Waals surface area contributed by atoms with Crippen molar-refractivity contribution in [3.8, 4) is 11.8 Å². The van der Waals surface area contributed by atoms with Gasteiger partial charge in [-0.25, -0.2) is 0 Å². The van der Waals surface area contributed by atoms with Crippen molar-refractivity contribution in [2.75, 3.05) is 6.54 Å². The highest BCUT2D eigenvalue weighted by molar-refractivity contribution is 5.00. The molecule has 0 aromatic heterocycles. The third kappa shape index (κ3) is 2.25. The van der Waals surface area contributed by atoms with E-state index in [1.54, 1.807) is 0 Å². The van der Waals surface area contributed by atoms with Gasteiger partial charge in [0.05, 0.1) is 6.54 Å². The maximum Gasteiger partial charge on any atom is 0.0580 e. The van der Waals surface area contributed by atoms with Crippen LogP contribution in [-0.4, -0.2) is 12.1 Å². The standard InChI is InChI=1S/C11H19N/c1-4-5-9-12-11(2,3)10-7-6-8-10/h10,12H,6-9H2,1-3H3. The first-order valence-corrected chi connectivity index (χ1v) is 4.81. The Bertz CT molecular complexity index is 191. The molecule has 0 unspecified atom stereocenters. The van der Waals surface area contributed by atoms with Crippen LogP contribution in [0.2, 0.25) is 0 Å². The summed E-state index contributed by atoms with van der Waals surface area (Å²) in [5.74, 6) is 6.82. The summed E-state index contributed by atoms with van der Waals surface area (Å²) < 4.78 is 0. The smallest absolute Gasteiger partial charge is 0.0580 e. The zero-order valence-electron chi connectivity index (χ0n) is 8.41. The Balaban J connectivity index is 2.29. The molecule has 1 heteroatoms. The number of nitrogens with one attached hydrogen (secondary N) is 1. The number of hydrogen-bond acceptors (Lipinski definition) is 1. The van der Waals surface area contributed by atoms with E-state index >= 15 is 0 Å². The molecule has 0 radical (unpaired) electrons. The molecule has 0 saturated heterocycles. The predicted molar refractivity (Wildman–Crippen MR) is 52.9 cm³/mol. The van der Waals surface area contributed by atoms with Crippen LogP contribution in [0.1, 0.15) is 40.0 Å². The monoisotopic (exact) mass is 165 g/mol. The first-order chi connectivity index (χ1) is 5.67. The quantitative estimate of drug-likeness (QED) is 0.632. The van der Waals surface area contributed by atoms with E-state index < -0.39 is 0 Å². The first kappa shape index (κ1) is 9.61. The van der Waals surface area contributed by atoms with Crippen LogP contribution in [0.25, 0.3) is 0 Å². The van der Waals surface area contributed by atoms with Crippen LogP contribution in [0.3, 0.4) is 0 Å². The molecule has 0 amide bonds. The Kier molecular flexibility index (Phi) is 3.17. The molecule has 1 rings (SSSR count). The van der Waals surface area contributed by atoms with Gasteiger partial charge in [-0.2, -0.15) is 0 Å². The maximum atomic E-state index is 3.49. The Hall–Kier alpha value is -0.480. The van der Waals surface area contributed by atoms with Gasteiger partial charge in [-0.1, -0.05) is 12.3 Å². The summed E-state index contributed by atoms with van der Waals surface area (Å²) in [6.07, 6.45) is 4.19. The summed E-state index contributed by atoms with van der Waals surface area (Å²) in [6.45, 7) is 7.29. The fourth-order valence-electron chi connectivity index (χ4n) is 1.63. The lowest BCUT2D eigenvalue weighted by molar-refractivity contribution is 0.164. The summed E-state index contributed by atoms with van der Waals surface area (Å²) in [5.41, 5.74) is 0.294. The molecular formula is C11H19N. The lowest BCUT2D eigenvalue weighted by Gasteiger charge is -2.40. The van der Waals surface area contributed by atoms with Crippen molar-refractivity contribution >= 4 is 0 Å². The third-order valence-electron chi connectivity index (χ3n) is 2.93. The summed E-state index contributed by atoms with van der Waals surface area (Å²) >= 11 is 0. The molecule has 1 nitrogen and oxygen atoms in total. The molecule has 68 valence electrons. The minimum atomic E-state index is 0.294. The number of rotatable bonds is 3. The van der Waals surface area contributed by atoms with Crippen LogP contribution >= 0.6 is 0 Å². The molecule has 0 bridgehead atoms. The van der Waals surface area contributed by atoms with Gasteiger partial charge in [-0.3, -0.25) is 0 Å². The highest BCUT2D eigenvalue weighted by Crippen LogP contribution is 2.35. The van der Waals surface area contributed by atoms with E-state index in [1.807, 2.05) is 6.92 Å². The van der Waals surface area contributed by atoms with Crippen LogP contribution in [0, 0.1) is 17.8 Å². The molecule has 0 spiro atoms. The zero-order valence-corrected chi connectivity index (χ0v) is 8.41. The fraction of sp³-hybridized carbons (Fsp3) is 0.818. The normalized spacial score (nSPS) is 17.9. The van der Waals surface area contributed by atoms with Crippen molar-refractivity contribution in [1.29, 1.82) is 0 Å². The predicted octanol–water partition coefficient (Wildman–Crippen LogP) is 2.18. The maximum absolute atomic E-state index is 3.49. The summed E-state index contributed by atoms with van der Waals surface area (Å²) in [7, 11) is 0. The van der Waals surface area contributed by atoms with Crippen LogP contribution in [0.4, 0.5) is 0 Å². The molecule has 1 aliphatic rings. The summed E-state index contributed by atoms with van der Waals surface area (Å²) in [5, 5.41) is 3.49. The van der Waals surface area contributed by atoms with Gasteiger partial charge in [0, 0.05) is 5.54 Å². The van der Waals surface area contributed by atoms with Crippen molar-refractivity contribution < 1.29 is 0 Å². The van der Waals surface area contributed by atoms with Gasteiger partial charge >= 0.3 is 0 Å². The van der Waals surface area contributed by atoms with E-state index in [9.17, 15) is 0 Å². The molecule has 1 saturated carbocycles. The molecule has 1 fully saturated rings. The van der Waals surface area contributed by atoms with Gasteiger partial charge < -0.3 is 5.32 Å². The van der Waals surface area contributed by atoms with E-state index in [2.05, 4.69) is 31.0 Å². The molecule has 12 heavy (non-hydrogen) atoms. The SMILES string of the molecule is CC#CCNC(C)(C)C1CCC1. The molecular weight excluding hydrogens is 146 g/mol. The van der Waals surface area contributed by atoms with Crippen LogP contribution in [0.5, 0.6) is 0 Å².